The highest BCUT2D eigenvalue weighted by Gasteiger charge is 2.33. The van der Waals surface area contributed by atoms with Gasteiger partial charge in [-0.15, -0.1) is 0 Å². The molecule has 0 radical (unpaired) electrons. The summed E-state index contributed by atoms with van der Waals surface area (Å²) in [6, 6.07) is 3.59. The number of hydrogen-bond acceptors (Lipinski definition) is 3. The summed E-state index contributed by atoms with van der Waals surface area (Å²) in [5.41, 5.74) is 1.76. The SMILES string of the molecule is CCOc1cc(S(=O)(=O)N2C[C@H](C)C[C@H](C)C2)c(C)cc1C. The second kappa shape index (κ2) is 6.59. The van der Waals surface area contributed by atoms with Crippen molar-refractivity contribution in [3.05, 3.63) is 23.3 Å². The van der Waals surface area contributed by atoms with Crippen LogP contribution in [0.15, 0.2) is 17.0 Å². The highest BCUT2D eigenvalue weighted by Crippen LogP contribution is 2.31. The minimum atomic E-state index is -3.46. The molecule has 1 aliphatic heterocycles. The van der Waals surface area contributed by atoms with Gasteiger partial charge in [0.05, 0.1) is 11.5 Å². The average molecular weight is 325 g/mol. The molecule has 5 heteroatoms. The van der Waals surface area contributed by atoms with Gasteiger partial charge in [0.1, 0.15) is 5.75 Å². The van der Waals surface area contributed by atoms with Crippen LogP contribution in [0.25, 0.3) is 0 Å². The Morgan fingerprint density at radius 2 is 1.73 bits per heavy atom. The fraction of sp³-hybridized carbons (Fsp3) is 0.647. The summed E-state index contributed by atoms with van der Waals surface area (Å²) in [6.45, 7) is 11.7. The van der Waals surface area contributed by atoms with Gasteiger partial charge in [-0.05, 0) is 50.2 Å². The fourth-order valence-corrected chi connectivity index (χ4v) is 5.25. The summed E-state index contributed by atoms with van der Waals surface area (Å²) >= 11 is 0. The maximum Gasteiger partial charge on any atom is 0.243 e. The lowest BCUT2D eigenvalue weighted by atomic mass is 9.94. The third-order valence-corrected chi connectivity index (χ3v) is 6.20. The Labute approximate surface area is 134 Å². The van der Waals surface area contributed by atoms with Crippen LogP contribution < -0.4 is 4.74 Å². The van der Waals surface area contributed by atoms with Crippen LogP contribution in [0.1, 0.15) is 38.3 Å². The average Bonchev–Trinajstić information content (AvgIpc) is 2.40. The standard InChI is InChI=1S/C17H27NO3S/c1-6-21-16-9-17(15(5)8-14(16)4)22(19,20)18-10-12(2)7-13(3)11-18/h8-9,12-13H,6-7,10-11H2,1-5H3/t12-,13+. The van der Waals surface area contributed by atoms with Crippen molar-refractivity contribution in [1.29, 1.82) is 0 Å². The van der Waals surface area contributed by atoms with Crippen LogP contribution in [-0.2, 0) is 10.0 Å². The molecular formula is C17H27NO3S. The summed E-state index contributed by atoms with van der Waals surface area (Å²) in [5, 5.41) is 0. The van der Waals surface area contributed by atoms with Crippen molar-refractivity contribution >= 4 is 10.0 Å². The summed E-state index contributed by atoms with van der Waals surface area (Å²) in [5.74, 6) is 1.45. The van der Waals surface area contributed by atoms with E-state index in [4.69, 9.17) is 4.74 Å². The molecule has 1 aromatic rings. The van der Waals surface area contributed by atoms with E-state index in [1.807, 2.05) is 26.8 Å². The number of ether oxygens (including phenoxy) is 1. The normalized spacial score (nSPS) is 23.5. The number of rotatable bonds is 4. The predicted octanol–water partition coefficient (Wildman–Crippen LogP) is 3.37. The molecule has 1 fully saturated rings. The van der Waals surface area contributed by atoms with Gasteiger partial charge in [0.2, 0.25) is 10.0 Å². The molecule has 0 spiro atoms. The third-order valence-electron chi connectivity index (χ3n) is 4.23. The van der Waals surface area contributed by atoms with E-state index in [0.717, 1.165) is 17.5 Å². The first-order chi connectivity index (χ1) is 10.3. The van der Waals surface area contributed by atoms with E-state index in [2.05, 4.69) is 13.8 Å². The molecule has 0 aliphatic carbocycles. The van der Waals surface area contributed by atoms with Crippen LogP contribution in [0.2, 0.25) is 0 Å². The summed E-state index contributed by atoms with van der Waals surface area (Å²) in [4.78, 5) is 0.378. The van der Waals surface area contributed by atoms with Gasteiger partial charge in [-0.3, -0.25) is 0 Å². The smallest absolute Gasteiger partial charge is 0.243 e. The van der Waals surface area contributed by atoms with Crippen molar-refractivity contribution in [3.8, 4) is 5.75 Å². The molecule has 4 nitrogen and oxygen atoms in total. The van der Waals surface area contributed by atoms with Crippen LogP contribution in [0.3, 0.4) is 0 Å². The fourth-order valence-electron chi connectivity index (χ4n) is 3.34. The van der Waals surface area contributed by atoms with Crippen LogP contribution in [0.4, 0.5) is 0 Å². The largest absolute Gasteiger partial charge is 0.494 e. The van der Waals surface area contributed by atoms with Gasteiger partial charge < -0.3 is 4.74 Å². The van der Waals surface area contributed by atoms with Crippen LogP contribution in [0, 0.1) is 25.7 Å². The molecule has 0 unspecified atom stereocenters. The number of sulfonamides is 1. The van der Waals surface area contributed by atoms with Crippen molar-refractivity contribution in [2.45, 2.75) is 45.9 Å². The number of benzene rings is 1. The zero-order chi connectivity index (χ0) is 16.5. The summed E-state index contributed by atoms with van der Waals surface area (Å²) in [7, 11) is -3.46. The molecule has 0 amide bonds. The Morgan fingerprint density at radius 1 is 1.14 bits per heavy atom. The highest BCUT2D eigenvalue weighted by atomic mass is 32.2. The second-order valence-electron chi connectivity index (χ2n) is 6.58. The van der Waals surface area contributed by atoms with Crippen LogP contribution in [0.5, 0.6) is 5.75 Å². The first-order valence-electron chi connectivity index (χ1n) is 7.99. The monoisotopic (exact) mass is 325 g/mol. The summed E-state index contributed by atoms with van der Waals surface area (Å²) in [6.07, 6.45) is 1.09. The molecule has 0 N–H and O–H groups in total. The van der Waals surface area contributed by atoms with Gasteiger partial charge in [-0.1, -0.05) is 19.9 Å². The molecular weight excluding hydrogens is 298 g/mol. The molecule has 2 rings (SSSR count). The lowest BCUT2D eigenvalue weighted by Crippen LogP contribution is -2.42. The Hall–Kier alpha value is -1.07. The van der Waals surface area contributed by atoms with Gasteiger partial charge in [-0.25, -0.2) is 8.42 Å². The van der Waals surface area contributed by atoms with Crippen molar-refractivity contribution in [3.63, 3.8) is 0 Å². The Bertz CT molecular complexity index is 630. The van der Waals surface area contributed by atoms with Crippen LogP contribution in [-0.4, -0.2) is 32.4 Å². The van der Waals surface area contributed by atoms with E-state index in [-0.39, 0.29) is 0 Å². The van der Waals surface area contributed by atoms with Gasteiger partial charge in [0.15, 0.2) is 0 Å². The minimum Gasteiger partial charge on any atom is -0.494 e. The molecule has 1 aromatic carbocycles. The topological polar surface area (TPSA) is 46.6 Å². The van der Waals surface area contributed by atoms with Crippen LogP contribution >= 0.6 is 0 Å². The molecule has 1 saturated heterocycles. The zero-order valence-electron chi connectivity index (χ0n) is 14.2. The molecule has 0 aromatic heterocycles. The van der Waals surface area contributed by atoms with Gasteiger partial charge in [-0.2, -0.15) is 4.31 Å². The van der Waals surface area contributed by atoms with Crippen molar-refractivity contribution in [2.75, 3.05) is 19.7 Å². The molecule has 2 atom stereocenters. The molecule has 124 valence electrons. The maximum atomic E-state index is 13.0. The van der Waals surface area contributed by atoms with E-state index in [1.165, 1.54) is 0 Å². The molecule has 0 bridgehead atoms. The number of hydrogen-bond donors (Lipinski definition) is 0. The predicted molar refractivity (Wildman–Crippen MR) is 88.8 cm³/mol. The lowest BCUT2D eigenvalue weighted by Gasteiger charge is -2.34. The van der Waals surface area contributed by atoms with Crippen molar-refractivity contribution in [2.24, 2.45) is 11.8 Å². The number of aryl methyl sites for hydroxylation is 2. The zero-order valence-corrected chi connectivity index (χ0v) is 15.0. The second-order valence-corrected chi connectivity index (χ2v) is 8.49. The maximum absolute atomic E-state index is 13.0. The highest BCUT2D eigenvalue weighted by molar-refractivity contribution is 7.89. The van der Waals surface area contributed by atoms with Gasteiger partial charge in [0.25, 0.3) is 0 Å². The van der Waals surface area contributed by atoms with Crippen molar-refractivity contribution in [1.82, 2.24) is 4.31 Å². The molecule has 1 aliphatic rings. The number of piperidine rings is 1. The quantitative estimate of drug-likeness (QED) is 0.852. The first kappa shape index (κ1) is 17.3. The number of nitrogens with zero attached hydrogens (tertiary/aromatic N) is 1. The Kier molecular flexibility index (Phi) is 5.17. The van der Waals surface area contributed by atoms with E-state index in [1.54, 1.807) is 10.4 Å². The lowest BCUT2D eigenvalue weighted by molar-refractivity contribution is 0.222. The first-order valence-corrected chi connectivity index (χ1v) is 9.43. The molecule has 22 heavy (non-hydrogen) atoms. The molecule has 1 heterocycles. The Balaban J connectivity index is 2.42. The third kappa shape index (κ3) is 3.46. The van der Waals surface area contributed by atoms with Crippen molar-refractivity contribution < 1.29 is 13.2 Å². The molecule has 0 saturated carbocycles. The van der Waals surface area contributed by atoms with E-state index < -0.39 is 10.0 Å². The van der Waals surface area contributed by atoms with E-state index in [9.17, 15) is 8.42 Å². The van der Waals surface area contributed by atoms with Gasteiger partial charge in [0, 0.05) is 19.2 Å². The van der Waals surface area contributed by atoms with E-state index in [0.29, 0.717) is 42.2 Å². The van der Waals surface area contributed by atoms with Gasteiger partial charge >= 0.3 is 0 Å². The summed E-state index contributed by atoms with van der Waals surface area (Å²) < 4.78 is 33.3. The minimum absolute atomic E-state index is 0.378. The Morgan fingerprint density at radius 3 is 2.27 bits per heavy atom. The van der Waals surface area contributed by atoms with E-state index >= 15 is 0 Å².